The van der Waals surface area contributed by atoms with E-state index in [0.717, 1.165) is 12.3 Å². The van der Waals surface area contributed by atoms with E-state index in [1.807, 2.05) is 0 Å². The molecule has 126 valence electrons. The summed E-state index contributed by atoms with van der Waals surface area (Å²) in [4.78, 5) is 26.7. The summed E-state index contributed by atoms with van der Waals surface area (Å²) in [5.74, 6) is -3.48. The summed E-state index contributed by atoms with van der Waals surface area (Å²) in [7, 11) is 0. The van der Waals surface area contributed by atoms with Crippen LogP contribution in [0.3, 0.4) is 0 Å². The Balaban J connectivity index is 2.15. The zero-order valence-electron chi connectivity index (χ0n) is 11.9. The van der Waals surface area contributed by atoms with Crippen LogP contribution in [0.2, 0.25) is 0 Å². The standard InChI is InChI=1S/C13H15F2N3O5/c1-2-5-22-12(21)17-9-3-4-18(11(20)16-9)10-13(14,15)6-8(7-19)23-10/h2-4,8,10,19H,1,5-7H2,(H,16,17,20,21)/t8-,10+/m0/s1. The second kappa shape index (κ2) is 6.84. The molecule has 1 amide bonds. The van der Waals surface area contributed by atoms with Crippen molar-refractivity contribution in [3.05, 3.63) is 35.4 Å². The predicted octanol–water partition coefficient (Wildman–Crippen LogP) is 0.893. The van der Waals surface area contributed by atoms with Gasteiger partial charge < -0.3 is 14.6 Å². The van der Waals surface area contributed by atoms with E-state index < -0.39 is 43.1 Å². The SMILES string of the molecule is C=CCOC(=O)Nc1ccn([C@@H]2O[C@H](CO)CC2(F)F)c(=O)n1. The number of hydrogen-bond donors (Lipinski definition) is 2. The minimum Gasteiger partial charge on any atom is -0.445 e. The number of carbonyl (C=O) groups is 1. The lowest BCUT2D eigenvalue weighted by Crippen LogP contribution is -2.35. The van der Waals surface area contributed by atoms with E-state index >= 15 is 0 Å². The summed E-state index contributed by atoms with van der Waals surface area (Å²) in [6.45, 7) is 2.75. The van der Waals surface area contributed by atoms with Crippen molar-refractivity contribution in [1.82, 2.24) is 9.55 Å². The number of rotatable bonds is 5. The fourth-order valence-electron chi connectivity index (χ4n) is 2.05. The maximum absolute atomic E-state index is 13.8. The monoisotopic (exact) mass is 331 g/mol. The van der Waals surface area contributed by atoms with E-state index in [4.69, 9.17) is 9.84 Å². The van der Waals surface area contributed by atoms with Crippen LogP contribution < -0.4 is 11.0 Å². The summed E-state index contributed by atoms with van der Waals surface area (Å²) >= 11 is 0. The Hall–Kier alpha value is -2.33. The highest BCUT2D eigenvalue weighted by atomic mass is 19.3. The Morgan fingerprint density at radius 1 is 1.70 bits per heavy atom. The molecule has 2 N–H and O–H groups in total. The fraction of sp³-hybridized carbons (Fsp3) is 0.462. The van der Waals surface area contributed by atoms with Crippen LogP contribution in [0.25, 0.3) is 0 Å². The lowest BCUT2D eigenvalue weighted by atomic mass is 10.2. The molecule has 1 aliphatic rings. The summed E-state index contributed by atoms with van der Waals surface area (Å²) in [6, 6.07) is 1.16. The van der Waals surface area contributed by atoms with Crippen molar-refractivity contribution in [2.24, 2.45) is 0 Å². The van der Waals surface area contributed by atoms with Gasteiger partial charge in [0.1, 0.15) is 12.4 Å². The average molecular weight is 331 g/mol. The quantitative estimate of drug-likeness (QED) is 0.777. The van der Waals surface area contributed by atoms with Crippen molar-refractivity contribution in [2.75, 3.05) is 18.5 Å². The van der Waals surface area contributed by atoms with Crippen LogP contribution in [0.15, 0.2) is 29.7 Å². The van der Waals surface area contributed by atoms with Gasteiger partial charge in [0.15, 0.2) is 0 Å². The number of halogens is 2. The molecule has 1 fully saturated rings. The van der Waals surface area contributed by atoms with Gasteiger partial charge in [-0.15, -0.1) is 0 Å². The van der Waals surface area contributed by atoms with Gasteiger partial charge in [-0.05, 0) is 6.07 Å². The first-order valence-electron chi connectivity index (χ1n) is 6.65. The number of aromatic nitrogens is 2. The van der Waals surface area contributed by atoms with Gasteiger partial charge in [0.2, 0.25) is 6.23 Å². The van der Waals surface area contributed by atoms with Crippen molar-refractivity contribution >= 4 is 11.9 Å². The molecule has 1 saturated heterocycles. The van der Waals surface area contributed by atoms with Gasteiger partial charge in [0, 0.05) is 12.6 Å². The third kappa shape index (κ3) is 3.90. The topological polar surface area (TPSA) is 103 Å². The molecule has 2 atom stereocenters. The molecule has 1 aromatic rings. The maximum atomic E-state index is 13.8. The molecule has 2 heterocycles. The van der Waals surface area contributed by atoms with Crippen molar-refractivity contribution in [1.29, 1.82) is 0 Å². The molecular weight excluding hydrogens is 316 g/mol. The Morgan fingerprint density at radius 3 is 3.00 bits per heavy atom. The smallest absolute Gasteiger partial charge is 0.413 e. The largest absolute Gasteiger partial charge is 0.445 e. The molecule has 1 aromatic heterocycles. The molecule has 0 bridgehead atoms. The molecule has 0 spiro atoms. The van der Waals surface area contributed by atoms with E-state index in [9.17, 15) is 18.4 Å². The number of nitrogens with zero attached hydrogens (tertiary/aromatic N) is 2. The third-order valence-corrected chi connectivity index (χ3v) is 3.03. The molecule has 2 rings (SSSR count). The van der Waals surface area contributed by atoms with Gasteiger partial charge in [-0.1, -0.05) is 12.7 Å². The third-order valence-electron chi connectivity index (χ3n) is 3.03. The summed E-state index contributed by atoms with van der Waals surface area (Å²) in [6.07, 6.45) is -2.11. The zero-order valence-corrected chi connectivity index (χ0v) is 11.9. The molecular formula is C13H15F2N3O5. The number of hydrogen-bond acceptors (Lipinski definition) is 6. The maximum Gasteiger partial charge on any atom is 0.413 e. The van der Waals surface area contributed by atoms with Crippen molar-refractivity contribution in [2.45, 2.75) is 24.7 Å². The summed E-state index contributed by atoms with van der Waals surface area (Å²) < 4.78 is 37.9. The van der Waals surface area contributed by atoms with Crippen LogP contribution >= 0.6 is 0 Å². The average Bonchev–Trinajstić information content (AvgIpc) is 2.80. The normalized spacial score (nSPS) is 22.6. The van der Waals surface area contributed by atoms with Gasteiger partial charge in [-0.3, -0.25) is 9.88 Å². The number of aliphatic hydroxyl groups is 1. The van der Waals surface area contributed by atoms with E-state index in [1.165, 1.54) is 6.08 Å². The summed E-state index contributed by atoms with van der Waals surface area (Å²) in [5.41, 5.74) is -1.03. The van der Waals surface area contributed by atoms with Crippen LogP contribution in [-0.4, -0.2) is 46.0 Å². The van der Waals surface area contributed by atoms with E-state index in [0.29, 0.717) is 4.57 Å². The molecule has 0 aliphatic carbocycles. The Morgan fingerprint density at radius 2 is 2.43 bits per heavy atom. The Labute approximate surface area is 129 Å². The number of ether oxygens (including phenoxy) is 2. The van der Waals surface area contributed by atoms with Gasteiger partial charge >= 0.3 is 11.8 Å². The van der Waals surface area contributed by atoms with Crippen molar-refractivity contribution < 1.29 is 28.2 Å². The highest BCUT2D eigenvalue weighted by Gasteiger charge is 2.51. The van der Waals surface area contributed by atoms with E-state index in [2.05, 4.69) is 21.6 Å². The van der Waals surface area contributed by atoms with Gasteiger partial charge in [0.25, 0.3) is 5.92 Å². The Kier molecular flexibility index (Phi) is 5.06. The number of aliphatic hydroxyl groups excluding tert-OH is 1. The van der Waals surface area contributed by atoms with Crippen LogP contribution in [0.4, 0.5) is 19.4 Å². The second-order valence-electron chi connectivity index (χ2n) is 4.77. The minimum absolute atomic E-state index is 0.0341. The summed E-state index contributed by atoms with van der Waals surface area (Å²) in [5, 5.41) is 11.1. The number of alkyl halides is 2. The van der Waals surface area contributed by atoms with Crippen molar-refractivity contribution in [3.8, 4) is 0 Å². The predicted molar refractivity (Wildman–Crippen MR) is 74.2 cm³/mol. The molecule has 10 heteroatoms. The highest BCUT2D eigenvalue weighted by Crippen LogP contribution is 2.41. The number of nitrogens with one attached hydrogen (secondary N) is 1. The molecule has 23 heavy (non-hydrogen) atoms. The van der Waals surface area contributed by atoms with E-state index in [1.54, 1.807) is 0 Å². The number of amides is 1. The number of anilines is 1. The van der Waals surface area contributed by atoms with Gasteiger partial charge in [0.05, 0.1) is 12.7 Å². The molecule has 8 nitrogen and oxygen atoms in total. The fourth-order valence-corrected chi connectivity index (χ4v) is 2.05. The molecule has 0 radical (unpaired) electrons. The number of carbonyl (C=O) groups excluding carboxylic acids is 1. The first-order chi connectivity index (χ1) is 10.9. The first kappa shape index (κ1) is 17.0. The van der Waals surface area contributed by atoms with Crippen molar-refractivity contribution in [3.63, 3.8) is 0 Å². The molecule has 0 saturated carbocycles. The van der Waals surface area contributed by atoms with E-state index in [-0.39, 0.29) is 12.4 Å². The van der Waals surface area contributed by atoms with Crippen LogP contribution in [0.5, 0.6) is 0 Å². The lowest BCUT2D eigenvalue weighted by Gasteiger charge is -2.19. The minimum atomic E-state index is -3.32. The highest BCUT2D eigenvalue weighted by molar-refractivity contribution is 5.83. The zero-order chi connectivity index (χ0) is 17.0. The molecule has 0 unspecified atom stereocenters. The van der Waals surface area contributed by atoms with Crippen LogP contribution in [0, 0.1) is 0 Å². The van der Waals surface area contributed by atoms with Crippen LogP contribution in [-0.2, 0) is 9.47 Å². The molecule has 0 aromatic carbocycles. The lowest BCUT2D eigenvalue weighted by molar-refractivity contribution is -0.120. The van der Waals surface area contributed by atoms with Gasteiger partial charge in [-0.25, -0.2) is 18.4 Å². The van der Waals surface area contributed by atoms with Gasteiger partial charge in [-0.2, -0.15) is 4.98 Å². The Bertz CT molecular complexity index is 649. The first-order valence-corrected chi connectivity index (χ1v) is 6.65. The van der Waals surface area contributed by atoms with Crippen LogP contribution in [0.1, 0.15) is 12.6 Å². The molecule has 1 aliphatic heterocycles. The second-order valence-corrected chi connectivity index (χ2v) is 4.77.